The number of hydrogen-bond donors (Lipinski definition) is 0. The highest BCUT2D eigenvalue weighted by Crippen LogP contribution is 2.29. The van der Waals surface area contributed by atoms with Gasteiger partial charge in [0, 0.05) is 30.5 Å². The predicted molar refractivity (Wildman–Crippen MR) is 112 cm³/mol. The summed E-state index contributed by atoms with van der Waals surface area (Å²) in [4.78, 5) is 19.9. The van der Waals surface area contributed by atoms with Crippen molar-refractivity contribution in [1.82, 2.24) is 19.5 Å². The third kappa shape index (κ3) is 4.23. The Kier molecular flexibility index (Phi) is 5.98. The van der Waals surface area contributed by atoms with Crippen LogP contribution in [0.25, 0.3) is 5.65 Å². The molecule has 0 unspecified atom stereocenters. The van der Waals surface area contributed by atoms with Crippen molar-refractivity contribution in [2.75, 3.05) is 13.1 Å². The molecule has 1 saturated carbocycles. The molecule has 5 heteroatoms. The first-order valence-corrected chi connectivity index (χ1v) is 11.3. The molecule has 0 radical (unpaired) electrons. The number of carbonyl (C=O) groups is 1. The summed E-state index contributed by atoms with van der Waals surface area (Å²) in [6.45, 7) is 6.08. The molecule has 0 N–H and O–H groups in total. The van der Waals surface area contributed by atoms with E-state index < -0.39 is 0 Å². The van der Waals surface area contributed by atoms with Crippen LogP contribution in [0.2, 0.25) is 0 Å². The van der Waals surface area contributed by atoms with E-state index in [2.05, 4.69) is 25.0 Å². The summed E-state index contributed by atoms with van der Waals surface area (Å²) >= 11 is 0. The molecule has 28 heavy (non-hydrogen) atoms. The maximum absolute atomic E-state index is 13.0. The number of hydrogen-bond acceptors (Lipinski definition) is 3. The number of fused-ring (bicyclic) bond motifs is 1. The van der Waals surface area contributed by atoms with E-state index in [4.69, 9.17) is 4.98 Å². The summed E-state index contributed by atoms with van der Waals surface area (Å²) in [6, 6.07) is 4.11. The third-order valence-corrected chi connectivity index (χ3v) is 6.50. The molecule has 0 atom stereocenters. The lowest BCUT2D eigenvalue weighted by Gasteiger charge is -2.18. The lowest BCUT2D eigenvalue weighted by molar-refractivity contribution is 0.0755. The van der Waals surface area contributed by atoms with Crippen molar-refractivity contribution < 1.29 is 4.79 Å². The SMILES string of the molecule is CC(C)c1cc(CCC2CCCC2)nc2cc(C(=O)N3CCCCCC3)nn12. The fourth-order valence-electron chi connectivity index (χ4n) is 4.78. The van der Waals surface area contributed by atoms with Gasteiger partial charge in [-0.1, -0.05) is 52.4 Å². The summed E-state index contributed by atoms with van der Waals surface area (Å²) in [6.07, 6.45) is 12.4. The maximum atomic E-state index is 13.0. The molecule has 2 aliphatic rings. The number of aromatic nitrogens is 3. The maximum Gasteiger partial charge on any atom is 0.274 e. The van der Waals surface area contributed by atoms with Gasteiger partial charge in [0.05, 0.1) is 0 Å². The van der Waals surface area contributed by atoms with Gasteiger partial charge in [-0.3, -0.25) is 4.79 Å². The van der Waals surface area contributed by atoms with E-state index in [9.17, 15) is 4.79 Å². The van der Waals surface area contributed by atoms with Crippen LogP contribution >= 0.6 is 0 Å². The Morgan fingerprint density at radius 3 is 2.46 bits per heavy atom. The summed E-state index contributed by atoms with van der Waals surface area (Å²) in [7, 11) is 0. The number of likely N-dealkylation sites (tertiary alicyclic amines) is 1. The summed E-state index contributed by atoms with van der Waals surface area (Å²) < 4.78 is 1.90. The number of amides is 1. The number of carbonyl (C=O) groups excluding carboxylic acids is 1. The monoisotopic (exact) mass is 382 g/mol. The molecular formula is C23H34N4O. The normalized spacial score (nSPS) is 18.9. The van der Waals surface area contributed by atoms with Crippen molar-refractivity contribution in [3.63, 3.8) is 0 Å². The quantitative estimate of drug-likeness (QED) is 0.732. The van der Waals surface area contributed by atoms with Crippen LogP contribution in [0.1, 0.15) is 99.4 Å². The molecule has 1 saturated heterocycles. The topological polar surface area (TPSA) is 50.5 Å². The van der Waals surface area contributed by atoms with Crippen molar-refractivity contribution in [3.8, 4) is 0 Å². The Labute approximate surface area is 168 Å². The molecule has 1 aliphatic carbocycles. The van der Waals surface area contributed by atoms with Crippen LogP contribution in [0.5, 0.6) is 0 Å². The lowest BCUT2D eigenvalue weighted by atomic mass is 9.99. The minimum absolute atomic E-state index is 0.0645. The van der Waals surface area contributed by atoms with Crippen molar-refractivity contribution in [3.05, 3.63) is 29.2 Å². The zero-order chi connectivity index (χ0) is 19.5. The average molecular weight is 383 g/mol. The van der Waals surface area contributed by atoms with Crippen LogP contribution in [0.15, 0.2) is 12.1 Å². The van der Waals surface area contributed by atoms with E-state index in [0.29, 0.717) is 11.6 Å². The predicted octanol–water partition coefficient (Wildman–Crippen LogP) is 4.99. The van der Waals surface area contributed by atoms with Crippen molar-refractivity contribution >= 4 is 11.6 Å². The molecule has 1 amide bonds. The zero-order valence-corrected chi connectivity index (χ0v) is 17.5. The fourth-order valence-corrected chi connectivity index (χ4v) is 4.78. The van der Waals surface area contributed by atoms with E-state index in [1.807, 2.05) is 15.5 Å². The molecule has 2 aromatic rings. The first kappa shape index (κ1) is 19.4. The summed E-state index contributed by atoms with van der Waals surface area (Å²) in [5, 5.41) is 4.68. The van der Waals surface area contributed by atoms with Gasteiger partial charge in [0.2, 0.25) is 0 Å². The lowest BCUT2D eigenvalue weighted by Crippen LogP contribution is -2.32. The van der Waals surface area contributed by atoms with Gasteiger partial charge in [-0.15, -0.1) is 0 Å². The Balaban J connectivity index is 1.59. The van der Waals surface area contributed by atoms with E-state index >= 15 is 0 Å². The molecule has 2 fully saturated rings. The average Bonchev–Trinajstić information content (AvgIpc) is 3.28. The number of rotatable bonds is 5. The van der Waals surface area contributed by atoms with Gasteiger partial charge in [0.1, 0.15) is 0 Å². The van der Waals surface area contributed by atoms with Gasteiger partial charge >= 0.3 is 0 Å². The van der Waals surface area contributed by atoms with Crippen LogP contribution < -0.4 is 0 Å². The van der Waals surface area contributed by atoms with Crippen LogP contribution in [0.4, 0.5) is 0 Å². The summed E-state index contributed by atoms with van der Waals surface area (Å²) in [5.74, 6) is 1.27. The minimum atomic E-state index is 0.0645. The van der Waals surface area contributed by atoms with Crippen LogP contribution in [-0.2, 0) is 6.42 Å². The smallest absolute Gasteiger partial charge is 0.274 e. The van der Waals surface area contributed by atoms with Gasteiger partial charge in [0.25, 0.3) is 5.91 Å². The third-order valence-electron chi connectivity index (χ3n) is 6.50. The molecule has 4 rings (SSSR count). The zero-order valence-electron chi connectivity index (χ0n) is 17.5. The van der Waals surface area contributed by atoms with E-state index in [0.717, 1.165) is 55.3 Å². The van der Waals surface area contributed by atoms with E-state index in [-0.39, 0.29) is 5.91 Å². The van der Waals surface area contributed by atoms with Gasteiger partial charge in [-0.25, -0.2) is 9.50 Å². The van der Waals surface area contributed by atoms with Crippen molar-refractivity contribution in [1.29, 1.82) is 0 Å². The molecule has 0 spiro atoms. The molecular weight excluding hydrogens is 348 g/mol. The second-order valence-electron chi connectivity index (χ2n) is 9.02. The first-order chi connectivity index (χ1) is 13.6. The highest BCUT2D eigenvalue weighted by molar-refractivity contribution is 5.93. The first-order valence-electron chi connectivity index (χ1n) is 11.3. The highest BCUT2D eigenvalue weighted by atomic mass is 16.2. The van der Waals surface area contributed by atoms with Gasteiger partial charge in [-0.05, 0) is 43.6 Å². The molecule has 0 aromatic carbocycles. The van der Waals surface area contributed by atoms with Gasteiger partial charge < -0.3 is 4.90 Å². The Morgan fingerprint density at radius 1 is 1.07 bits per heavy atom. The molecule has 2 aromatic heterocycles. The molecule has 1 aliphatic heterocycles. The number of aryl methyl sites for hydroxylation is 1. The van der Waals surface area contributed by atoms with E-state index in [1.165, 1.54) is 44.9 Å². The largest absolute Gasteiger partial charge is 0.337 e. The second kappa shape index (κ2) is 8.62. The van der Waals surface area contributed by atoms with Crippen LogP contribution in [-0.4, -0.2) is 38.5 Å². The van der Waals surface area contributed by atoms with Gasteiger partial charge in [-0.2, -0.15) is 5.10 Å². The highest BCUT2D eigenvalue weighted by Gasteiger charge is 2.22. The second-order valence-corrected chi connectivity index (χ2v) is 9.02. The number of nitrogens with zero attached hydrogens (tertiary/aromatic N) is 4. The van der Waals surface area contributed by atoms with Crippen LogP contribution in [0, 0.1) is 5.92 Å². The summed E-state index contributed by atoms with van der Waals surface area (Å²) in [5.41, 5.74) is 3.67. The minimum Gasteiger partial charge on any atom is -0.337 e. The Hall–Kier alpha value is -1.91. The Bertz CT molecular complexity index is 811. The molecule has 152 valence electrons. The molecule has 0 bridgehead atoms. The Morgan fingerprint density at radius 2 is 1.79 bits per heavy atom. The van der Waals surface area contributed by atoms with Crippen molar-refractivity contribution in [2.45, 2.75) is 84.0 Å². The van der Waals surface area contributed by atoms with Gasteiger partial charge in [0.15, 0.2) is 11.3 Å². The molecule has 5 nitrogen and oxygen atoms in total. The molecule has 3 heterocycles. The van der Waals surface area contributed by atoms with Crippen molar-refractivity contribution in [2.24, 2.45) is 5.92 Å². The standard InChI is InChI=1S/C23H34N4O/c1-17(2)21-15-19(12-11-18-9-5-6-10-18)24-22-16-20(25-27(21)22)23(28)26-13-7-3-4-8-14-26/h15-18H,3-14H2,1-2H3. The van der Waals surface area contributed by atoms with E-state index in [1.54, 1.807) is 0 Å². The fraction of sp³-hybridized carbons (Fsp3) is 0.696. The van der Waals surface area contributed by atoms with Crippen LogP contribution in [0.3, 0.4) is 0 Å².